The zero-order valence-electron chi connectivity index (χ0n) is 27.9. The molecule has 0 atom stereocenters. The summed E-state index contributed by atoms with van der Waals surface area (Å²) in [6.07, 6.45) is 6.62. The molecule has 0 bridgehead atoms. The molecule has 0 saturated carbocycles. The van der Waals surface area contributed by atoms with Crippen LogP contribution in [0.4, 0.5) is 22.7 Å². The summed E-state index contributed by atoms with van der Waals surface area (Å²) in [7, 11) is 0. The number of para-hydroxylation sites is 2. The Bertz CT molecular complexity index is 1800. The second kappa shape index (κ2) is 16.7. The Labute approximate surface area is 290 Å². The minimum absolute atomic E-state index is 0. The number of rotatable bonds is 6. The standard InChI is InChI=1S/C34H36N4O2.C5H5N.Zn/c1-33(2,3)25-18-24(32(40)28(20-25)34(4,5)6)22-36-30-15-11-10-14-29(30)35-21-23-19-27(16-17-31(23)39)38-37-26-12-8-7-9-13-26;1-2-4-6-5-3-1;/h7-22,39-40H,1-6H3;1-5H;/q;;+2/p-2. The van der Waals surface area contributed by atoms with Crippen molar-refractivity contribution in [3.05, 3.63) is 138 Å². The van der Waals surface area contributed by atoms with Gasteiger partial charge in [0.05, 0.1) is 22.7 Å². The largest absolute Gasteiger partial charge is 2.00 e. The average Bonchev–Trinajstić information content (AvgIpc) is 3.04. The van der Waals surface area contributed by atoms with Crippen molar-refractivity contribution in [2.75, 3.05) is 0 Å². The van der Waals surface area contributed by atoms with Gasteiger partial charge in [0.2, 0.25) is 0 Å². The van der Waals surface area contributed by atoms with E-state index < -0.39 is 0 Å². The molecule has 4 aromatic carbocycles. The quantitative estimate of drug-likeness (QED) is 0.102. The van der Waals surface area contributed by atoms with Gasteiger partial charge in [-0.25, -0.2) is 0 Å². The van der Waals surface area contributed by atoms with Gasteiger partial charge in [-0.05, 0) is 81.6 Å². The number of benzene rings is 4. The van der Waals surface area contributed by atoms with Crippen LogP contribution in [0.1, 0.15) is 63.8 Å². The fraction of sp³-hybridized carbons (Fsp3) is 0.205. The molecule has 1 aromatic heterocycles. The third kappa shape index (κ3) is 10.9. The van der Waals surface area contributed by atoms with Crippen LogP contribution in [-0.4, -0.2) is 17.4 Å². The van der Waals surface area contributed by atoms with Crippen molar-refractivity contribution >= 4 is 35.2 Å². The molecule has 1 heterocycles. The molecule has 234 valence electrons. The molecule has 0 aliphatic heterocycles. The van der Waals surface area contributed by atoms with Gasteiger partial charge in [0.25, 0.3) is 0 Å². The van der Waals surface area contributed by atoms with E-state index in [0.717, 1.165) is 16.8 Å². The Kier molecular flexibility index (Phi) is 13.0. The van der Waals surface area contributed by atoms with Gasteiger partial charge in [0, 0.05) is 24.8 Å². The predicted molar refractivity (Wildman–Crippen MR) is 185 cm³/mol. The molecular formula is C39H39N5O2Zn. The van der Waals surface area contributed by atoms with Crippen molar-refractivity contribution in [2.45, 2.75) is 52.4 Å². The van der Waals surface area contributed by atoms with Gasteiger partial charge in [-0.1, -0.05) is 108 Å². The molecule has 0 spiro atoms. The van der Waals surface area contributed by atoms with E-state index in [0.29, 0.717) is 28.2 Å². The van der Waals surface area contributed by atoms with Gasteiger partial charge < -0.3 is 10.2 Å². The van der Waals surface area contributed by atoms with E-state index in [9.17, 15) is 10.2 Å². The smallest absolute Gasteiger partial charge is 0.872 e. The van der Waals surface area contributed by atoms with Crippen LogP contribution < -0.4 is 10.2 Å². The fourth-order valence-corrected chi connectivity index (χ4v) is 4.32. The Morgan fingerprint density at radius 1 is 0.574 bits per heavy atom. The molecule has 0 saturated heterocycles. The van der Waals surface area contributed by atoms with Crippen LogP contribution in [0, 0.1) is 0 Å². The first kappa shape index (κ1) is 36.7. The van der Waals surface area contributed by atoms with Gasteiger partial charge in [-0.15, -0.1) is 0 Å². The molecule has 0 fully saturated rings. The van der Waals surface area contributed by atoms with Gasteiger partial charge in [-0.2, -0.15) is 10.2 Å². The first-order valence-corrected chi connectivity index (χ1v) is 15.1. The summed E-state index contributed by atoms with van der Waals surface area (Å²) >= 11 is 0. The fourth-order valence-electron chi connectivity index (χ4n) is 4.32. The van der Waals surface area contributed by atoms with E-state index in [2.05, 4.69) is 46.0 Å². The van der Waals surface area contributed by atoms with Crippen LogP contribution in [0.2, 0.25) is 0 Å². The van der Waals surface area contributed by atoms with Crippen molar-refractivity contribution in [3.63, 3.8) is 0 Å². The van der Waals surface area contributed by atoms with Crippen LogP contribution in [0.3, 0.4) is 0 Å². The molecule has 47 heavy (non-hydrogen) atoms. The summed E-state index contributed by atoms with van der Waals surface area (Å²) in [6.45, 7) is 12.5. The molecule has 0 amide bonds. The van der Waals surface area contributed by atoms with Crippen LogP contribution in [-0.2, 0) is 30.3 Å². The van der Waals surface area contributed by atoms with Gasteiger partial charge in [-0.3, -0.25) is 15.0 Å². The molecule has 5 rings (SSSR count). The molecule has 7 nitrogen and oxygen atoms in total. The summed E-state index contributed by atoms with van der Waals surface area (Å²) in [5, 5.41) is 34.3. The first-order valence-electron chi connectivity index (χ1n) is 15.1. The molecule has 0 aliphatic rings. The monoisotopic (exact) mass is 673 g/mol. The van der Waals surface area contributed by atoms with Crippen LogP contribution in [0.5, 0.6) is 11.5 Å². The topological polar surface area (TPSA) is 108 Å². The Morgan fingerprint density at radius 2 is 1.13 bits per heavy atom. The van der Waals surface area contributed by atoms with E-state index in [1.807, 2.05) is 106 Å². The van der Waals surface area contributed by atoms with Crippen molar-refractivity contribution in [1.29, 1.82) is 0 Å². The van der Waals surface area contributed by atoms with Crippen LogP contribution in [0.15, 0.2) is 136 Å². The molecule has 0 N–H and O–H groups in total. The molecule has 5 aromatic rings. The zero-order valence-corrected chi connectivity index (χ0v) is 30.9. The Balaban J connectivity index is 0.000000770. The summed E-state index contributed by atoms with van der Waals surface area (Å²) in [5.41, 5.74) is 4.78. The van der Waals surface area contributed by atoms with Crippen molar-refractivity contribution in [3.8, 4) is 11.5 Å². The van der Waals surface area contributed by atoms with Crippen molar-refractivity contribution in [2.24, 2.45) is 20.2 Å². The SMILES string of the molecule is CC(C)(C)c1cc(C=Nc2ccccc2N=Cc2cc(N=Nc3ccccc3)ccc2[O-])c([O-])c(C(C)(C)C)c1.[Zn+2].c1ccncc1. The summed E-state index contributed by atoms with van der Waals surface area (Å²) in [5.74, 6) is -0.198. The molecular weight excluding hydrogens is 636 g/mol. The van der Waals surface area contributed by atoms with Crippen molar-refractivity contribution < 1.29 is 29.7 Å². The van der Waals surface area contributed by atoms with Gasteiger partial charge in [0.15, 0.2) is 0 Å². The number of aromatic nitrogens is 1. The van der Waals surface area contributed by atoms with Gasteiger partial charge in [0.1, 0.15) is 0 Å². The summed E-state index contributed by atoms with van der Waals surface area (Å²) < 4.78 is 0. The number of aliphatic imine (C=N–C) groups is 2. The Hall–Kier alpha value is -4.81. The molecule has 0 radical (unpaired) electrons. The number of hydrogen-bond donors (Lipinski definition) is 0. The predicted octanol–water partition coefficient (Wildman–Crippen LogP) is 9.42. The first-order chi connectivity index (χ1) is 21.9. The third-order valence-electron chi connectivity index (χ3n) is 6.96. The second-order valence-electron chi connectivity index (χ2n) is 12.7. The van der Waals surface area contributed by atoms with Crippen molar-refractivity contribution in [1.82, 2.24) is 4.98 Å². The van der Waals surface area contributed by atoms with Crippen LogP contribution >= 0.6 is 0 Å². The summed E-state index contributed by atoms with van der Waals surface area (Å²) in [4.78, 5) is 13.0. The maximum absolute atomic E-state index is 13.4. The number of hydrogen-bond acceptors (Lipinski definition) is 7. The Morgan fingerprint density at radius 3 is 1.66 bits per heavy atom. The minimum atomic E-state index is -0.297. The van der Waals surface area contributed by atoms with E-state index in [-0.39, 0.29) is 41.8 Å². The summed E-state index contributed by atoms with van der Waals surface area (Å²) in [6, 6.07) is 31.1. The molecule has 0 unspecified atom stereocenters. The molecule has 0 aliphatic carbocycles. The number of azo groups is 1. The zero-order chi connectivity index (χ0) is 33.2. The maximum Gasteiger partial charge on any atom is 2.00 e. The normalized spacial score (nSPS) is 11.8. The van der Waals surface area contributed by atoms with Gasteiger partial charge >= 0.3 is 19.5 Å². The number of nitrogens with zero attached hydrogens (tertiary/aromatic N) is 5. The average molecular weight is 675 g/mol. The second-order valence-corrected chi connectivity index (χ2v) is 12.7. The van der Waals surface area contributed by atoms with E-state index in [1.165, 1.54) is 12.3 Å². The van der Waals surface area contributed by atoms with E-state index in [1.54, 1.807) is 30.7 Å². The number of pyridine rings is 1. The van der Waals surface area contributed by atoms with E-state index in [4.69, 9.17) is 0 Å². The molecule has 8 heteroatoms. The maximum atomic E-state index is 13.4. The minimum Gasteiger partial charge on any atom is -0.872 e. The third-order valence-corrected chi connectivity index (χ3v) is 6.96. The van der Waals surface area contributed by atoms with E-state index >= 15 is 0 Å². The van der Waals surface area contributed by atoms with Crippen LogP contribution in [0.25, 0.3) is 0 Å².